The van der Waals surface area contributed by atoms with Crippen LogP contribution in [0.25, 0.3) is 10.6 Å². The molecule has 0 spiro atoms. The minimum absolute atomic E-state index is 0.0916. The van der Waals surface area contributed by atoms with Crippen LogP contribution in [0.15, 0.2) is 30.5 Å². The SMILES string of the molecule is O=C(c1cnc(-c2ccccc2F)s1)N1CCC(CO)C1. The number of amides is 1. The molecule has 1 aliphatic heterocycles. The summed E-state index contributed by atoms with van der Waals surface area (Å²) in [5.41, 5.74) is 0.413. The Hall–Kier alpha value is -1.79. The number of hydrogen-bond donors (Lipinski definition) is 1. The molecule has 1 N–H and O–H groups in total. The molecule has 1 unspecified atom stereocenters. The minimum atomic E-state index is -0.340. The van der Waals surface area contributed by atoms with E-state index in [2.05, 4.69) is 4.98 Å². The van der Waals surface area contributed by atoms with Crippen LogP contribution in [0.4, 0.5) is 4.39 Å². The smallest absolute Gasteiger partial charge is 0.265 e. The lowest BCUT2D eigenvalue weighted by molar-refractivity contribution is 0.0786. The molecule has 1 saturated heterocycles. The maximum absolute atomic E-state index is 13.7. The van der Waals surface area contributed by atoms with Crippen LogP contribution in [0, 0.1) is 11.7 Å². The van der Waals surface area contributed by atoms with Gasteiger partial charge in [0.1, 0.15) is 15.7 Å². The zero-order valence-corrected chi connectivity index (χ0v) is 12.1. The number of halogens is 1. The van der Waals surface area contributed by atoms with Crippen LogP contribution >= 0.6 is 11.3 Å². The molecule has 1 aliphatic rings. The highest BCUT2D eigenvalue weighted by Crippen LogP contribution is 2.29. The fraction of sp³-hybridized carbons (Fsp3) is 0.333. The van der Waals surface area contributed by atoms with Gasteiger partial charge in [-0.25, -0.2) is 9.37 Å². The van der Waals surface area contributed by atoms with Crippen molar-refractivity contribution >= 4 is 17.2 Å². The van der Waals surface area contributed by atoms with Crippen LogP contribution in [0.5, 0.6) is 0 Å². The normalized spacial score (nSPS) is 18.2. The van der Waals surface area contributed by atoms with Gasteiger partial charge in [0, 0.05) is 31.2 Å². The standard InChI is InChI=1S/C15H15FN2O2S/c16-12-4-2-1-3-11(12)14-17-7-13(21-14)15(20)18-6-5-10(8-18)9-19/h1-4,7,10,19H,5-6,8-9H2. The lowest BCUT2D eigenvalue weighted by Crippen LogP contribution is -2.28. The maximum atomic E-state index is 13.7. The molecule has 1 aromatic carbocycles. The molecule has 21 heavy (non-hydrogen) atoms. The number of thiazole rings is 1. The van der Waals surface area contributed by atoms with Gasteiger partial charge in [-0.15, -0.1) is 11.3 Å². The van der Waals surface area contributed by atoms with Crippen molar-refractivity contribution < 1.29 is 14.3 Å². The molecular formula is C15H15FN2O2S. The molecule has 0 saturated carbocycles. The molecule has 2 heterocycles. The largest absolute Gasteiger partial charge is 0.396 e. The van der Waals surface area contributed by atoms with Gasteiger partial charge in [0.25, 0.3) is 5.91 Å². The Bertz CT molecular complexity index is 659. The van der Waals surface area contributed by atoms with Crippen molar-refractivity contribution in [2.24, 2.45) is 5.92 Å². The second kappa shape index (κ2) is 5.91. The summed E-state index contributed by atoms with van der Waals surface area (Å²) in [7, 11) is 0. The highest BCUT2D eigenvalue weighted by atomic mass is 32.1. The summed E-state index contributed by atoms with van der Waals surface area (Å²) in [6, 6.07) is 6.40. The first-order valence-corrected chi connectivity index (χ1v) is 7.61. The van der Waals surface area contributed by atoms with Gasteiger partial charge < -0.3 is 10.0 Å². The van der Waals surface area contributed by atoms with Crippen LogP contribution < -0.4 is 0 Å². The number of aliphatic hydroxyl groups is 1. The van der Waals surface area contributed by atoms with E-state index in [1.54, 1.807) is 23.1 Å². The maximum Gasteiger partial charge on any atom is 0.265 e. The molecule has 0 aliphatic carbocycles. The van der Waals surface area contributed by atoms with Crippen molar-refractivity contribution in [1.82, 2.24) is 9.88 Å². The number of aromatic nitrogens is 1. The third kappa shape index (κ3) is 2.82. The van der Waals surface area contributed by atoms with E-state index in [4.69, 9.17) is 5.11 Å². The number of likely N-dealkylation sites (tertiary alicyclic amines) is 1. The van der Waals surface area contributed by atoms with E-state index < -0.39 is 0 Å². The van der Waals surface area contributed by atoms with E-state index >= 15 is 0 Å². The van der Waals surface area contributed by atoms with Crippen molar-refractivity contribution in [2.75, 3.05) is 19.7 Å². The summed E-state index contributed by atoms with van der Waals surface area (Å²) in [5.74, 6) is -0.272. The van der Waals surface area contributed by atoms with Gasteiger partial charge in [-0.3, -0.25) is 4.79 Å². The Morgan fingerprint density at radius 1 is 1.48 bits per heavy atom. The quantitative estimate of drug-likeness (QED) is 0.947. The van der Waals surface area contributed by atoms with Gasteiger partial charge in [-0.1, -0.05) is 12.1 Å². The summed E-state index contributed by atoms with van der Waals surface area (Å²) >= 11 is 1.20. The average Bonchev–Trinajstić information content (AvgIpc) is 3.16. The van der Waals surface area contributed by atoms with E-state index in [0.717, 1.165) is 6.42 Å². The van der Waals surface area contributed by atoms with Gasteiger partial charge in [0.2, 0.25) is 0 Å². The molecule has 0 radical (unpaired) electrons. The lowest BCUT2D eigenvalue weighted by atomic mass is 10.1. The van der Waals surface area contributed by atoms with Gasteiger partial charge in [-0.05, 0) is 18.6 Å². The zero-order valence-electron chi connectivity index (χ0n) is 11.3. The fourth-order valence-corrected chi connectivity index (χ4v) is 3.37. The number of carbonyl (C=O) groups excluding carboxylic acids is 1. The average molecular weight is 306 g/mol. The molecule has 1 atom stereocenters. The number of hydrogen-bond acceptors (Lipinski definition) is 4. The lowest BCUT2D eigenvalue weighted by Gasteiger charge is -2.14. The molecule has 110 valence electrons. The van der Waals surface area contributed by atoms with Crippen molar-refractivity contribution in [2.45, 2.75) is 6.42 Å². The van der Waals surface area contributed by atoms with Crippen molar-refractivity contribution in [3.63, 3.8) is 0 Å². The van der Waals surface area contributed by atoms with Crippen molar-refractivity contribution in [3.05, 3.63) is 41.2 Å². The molecular weight excluding hydrogens is 291 g/mol. The molecule has 1 amide bonds. The Morgan fingerprint density at radius 3 is 3.00 bits per heavy atom. The van der Waals surface area contributed by atoms with Crippen LogP contribution in [-0.2, 0) is 0 Å². The predicted octanol–water partition coefficient (Wildman–Crippen LogP) is 2.40. The molecule has 2 aromatic rings. The first-order valence-electron chi connectivity index (χ1n) is 6.80. The second-order valence-corrected chi connectivity index (χ2v) is 6.13. The fourth-order valence-electron chi connectivity index (χ4n) is 2.45. The summed E-state index contributed by atoms with van der Waals surface area (Å²) < 4.78 is 13.7. The van der Waals surface area contributed by atoms with Gasteiger partial charge in [0.05, 0.1) is 6.20 Å². The highest BCUT2D eigenvalue weighted by molar-refractivity contribution is 7.16. The van der Waals surface area contributed by atoms with Crippen LogP contribution in [-0.4, -0.2) is 40.6 Å². The van der Waals surface area contributed by atoms with Gasteiger partial charge >= 0.3 is 0 Å². The third-order valence-corrected chi connectivity index (χ3v) is 4.67. The summed E-state index contributed by atoms with van der Waals surface area (Å²) in [6.45, 7) is 1.33. The number of carbonyl (C=O) groups is 1. The first kappa shape index (κ1) is 14.2. The predicted molar refractivity (Wildman–Crippen MR) is 78.6 cm³/mol. The summed E-state index contributed by atoms with van der Waals surface area (Å²) in [6.07, 6.45) is 2.32. The van der Waals surface area contributed by atoms with Gasteiger partial charge in [-0.2, -0.15) is 0 Å². The monoisotopic (exact) mass is 306 g/mol. The van der Waals surface area contributed by atoms with Crippen LogP contribution in [0.2, 0.25) is 0 Å². The second-order valence-electron chi connectivity index (χ2n) is 5.10. The molecule has 4 nitrogen and oxygen atoms in total. The Morgan fingerprint density at radius 2 is 2.29 bits per heavy atom. The van der Waals surface area contributed by atoms with Crippen molar-refractivity contribution in [1.29, 1.82) is 0 Å². The minimum Gasteiger partial charge on any atom is -0.396 e. The Balaban J connectivity index is 1.79. The number of aliphatic hydroxyl groups excluding tert-OH is 1. The number of benzene rings is 1. The Labute approximate surface area is 125 Å². The first-order chi connectivity index (χ1) is 10.2. The summed E-state index contributed by atoms with van der Waals surface area (Å²) in [4.78, 5) is 18.7. The molecule has 1 fully saturated rings. The van der Waals surface area contributed by atoms with E-state index in [1.807, 2.05) is 0 Å². The van der Waals surface area contributed by atoms with E-state index in [1.165, 1.54) is 23.6 Å². The highest BCUT2D eigenvalue weighted by Gasteiger charge is 2.27. The topological polar surface area (TPSA) is 53.4 Å². The third-order valence-electron chi connectivity index (χ3n) is 3.65. The van der Waals surface area contributed by atoms with Crippen LogP contribution in [0.3, 0.4) is 0 Å². The van der Waals surface area contributed by atoms with E-state index in [0.29, 0.717) is 28.5 Å². The van der Waals surface area contributed by atoms with Crippen LogP contribution in [0.1, 0.15) is 16.1 Å². The molecule has 6 heteroatoms. The summed E-state index contributed by atoms with van der Waals surface area (Å²) in [5, 5.41) is 9.64. The zero-order chi connectivity index (χ0) is 14.8. The number of nitrogens with zero attached hydrogens (tertiary/aromatic N) is 2. The van der Waals surface area contributed by atoms with Crippen molar-refractivity contribution in [3.8, 4) is 10.6 Å². The van der Waals surface area contributed by atoms with E-state index in [-0.39, 0.29) is 24.2 Å². The molecule has 1 aromatic heterocycles. The van der Waals surface area contributed by atoms with Gasteiger partial charge in [0.15, 0.2) is 0 Å². The van der Waals surface area contributed by atoms with E-state index in [9.17, 15) is 9.18 Å². The Kier molecular flexibility index (Phi) is 3.98. The molecule has 3 rings (SSSR count). The molecule has 0 bridgehead atoms. The number of rotatable bonds is 3.